The fraction of sp³-hybridized carbons (Fsp3) is 0.500. The van der Waals surface area contributed by atoms with Crippen LogP contribution in [0.4, 0.5) is 11.4 Å². The van der Waals surface area contributed by atoms with E-state index in [1.165, 1.54) is 12.1 Å². The lowest BCUT2D eigenvalue weighted by molar-refractivity contribution is -0.384. The number of rotatable bonds is 4. The first-order valence-electron chi connectivity index (χ1n) is 5.65. The lowest BCUT2D eigenvalue weighted by atomic mass is 9.90. The average molecular weight is 236 g/mol. The lowest BCUT2D eigenvalue weighted by Gasteiger charge is -2.22. The smallest absolute Gasteiger partial charge is 0.269 e. The van der Waals surface area contributed by atoms with E-state index in [2.05, 4.69) is 12.2 Å². The summed E-state index contributed by atoms with van der Waals surface area (Å²) >= 11 is 0. The van der Waals surface area contributed by atoms with E-state index >= 15 is 0 Å². The van der Waals surface area contributed by atoms with Crippen LogP contribution in [0.1, 0.15) is 13.3 Å². The Morgan fingerprint density at radius 2 is 2.18 bits per heavy atom. The number of nitrogens with zero attached hydrogens (tertiary/aromatic N) is 1. The molecule has 1 aliphatic rings. The molecule has 17 heavy (non-hydrogen) atoms. The van der Waals surface area contributed by atoms with Gasteiger partial charge in [-0.15, -0.1) is 0 Å². The minimum Gasteiger partial charge on any atom is -0.384 e. The van der Waals surface area contributed by atoms with Crippen molar-refractivity contribution in [1.29, 1.82) is 0 Å². The summed E-state index contributed by atoms with van der Waals surface area (Å²) in [6.45, 7) is 4.59. The van der Waals surface area contributed by atoms with Crippen molar-refractivity contribution in [2.24, 2.45) is 5.41 Å². The largest absolute Gasteiger partial charge is 0.384 e. The minimum absolute atomic E-state index is 0.117. The van der Waals surface area contributed by atoms with Crippen LogP contribution in [0.25, 0.3) is 0 Å². The van der Waals surface area contributed by atoms with E-state index in [4.69, 9.17) is 4.74 Å². The van der Waals surface area contributed by atoms with Crippen LogP contribution in [-0.2, 0) is 4.74 Å². The van der Waals surface area contributed by atoms with Crippen molar-refractivity contribution in [2.45, 2.75) is 13.3 Å². The summed E-state index contributed by atoms with van der Waals surface area (Å²) in [6, 6.07) is 6.49. The molecule has 0 bridgehead atoms. The van der Waals surface area contributed by atoms with Crippen LogP contribution >= 0.6 is 0 Å². The highest BCUT2D eigenvalue weighted by molar-refractivity contribution is 5.48. The van der Waals surface area contributed by atoms with Crippen LogP contribution in [0.5, 0.6) is 0 Å². The standard InChI is InChI=1S/C12H16N2O3/c1-12(6-7-17-9-12)8-13-10-2-4-11(5-3-10)14(15)16/h2-5,13H,6-9H2,1H3. The molecular weight excluding hydrogens is 220 g/mol. The Bertz CT molecular complexity index is 397. The molecule has 1 atom stereocenters. The normalized spacial score (nSPS) is 23.6. The maximum absolute atomic E-state index is 10.5. The zero-order valence-electron chi connectivity index (χ0n) is 9.81. The van der Waals surface area contributed by atoms with E-state index in [0.717, 1.165) is 31.9 Å². The number of anilines is 1. The summed E-state index contributed by atoms with van der Waals surface area (Å²) in [4.78, 5) is 10.1. The van der Waals surface area contributed by atoms with Crippen molar-refractivity contribution in [3.05, 3.63) is 34.4 Å². The van der Waals surface area contributed by atoms with Gasteiger partial charge in [-0.2, -0.15) is 0 Å². The fourth-order valence-electron chi connectivity index (χ4n) is 1.87. The summed E-state index contributed by atoms with van der Waals surface area (Å²) in [5, 5.41) is 13.8. The highest BCUT2D eigenvalue weighted by Crippen LogP contribution is 2.28. The molecule has 0 aromatic heterocycles. The van der Waals surface area contributed by atoms with Crippen molar-refractivity contribution in [3.63, 3.8) is 0 Å². The summed E-state index contributed by atoms with van der Waals surface area (Å²) in [6.07, 6.45) is 1.05. The van der Waals surface area contributed by atoms with Gasteiger partial charge in [0.1, 0.15) is 0 Å². The molecule has 1 aromatic rings. The summed E-state index contributed by atoms with van der Waals surface area (Å²) in [5.74, 6) is 0. The average Bonchev–Trinajstić information content (AvgIpc) is 2.75. The van der Waals surface area contributed by atoms with Crippen molar-refractivity contribution in [2.75, 3.05) is 25.1 Å². The van der Waals surface area contributed by atoms with Crippen molar-refractivity contribution in [1.82, 2.24) is 0 Å². The molecule has 0 radical (unpaired) electrons. The van der Waals surface area contributed by atoms with Crippen LogP contribution in [0, 0.1) is 15.5 Å². The van der Waals surface area contributed by atoms with Gasteiger partial charge in [-0.3, -0.25) is 10.1 Å². The molecule has 0 spiro atoms. The molecule has 1 aromatic carbocycles. The molecule has 2 rings (SSSR count). The molecule has 5 nitrogen and oxygen atoms in total. The molecule has 1 aliphatic heterocycles. The molecule has 0 aliphatic carbocycles. The minimum atomic E-state index is -0.393. The zero-order valence-corrected chi connectivity index (χ0v) is 9.81. The Balaban J connectivity index is 1.93. The number of nitro benzene ring substituents is 1. The number of nitro groups is 1. The van der Waals surface area contributed by atoms with Crippen LogP contribution in [0.3, 0.4) is 0 Å². The zero-order chi connectivity index (χ0) is 12.3. The van der Waals surface area contributed by atoms with Gasteiger partial charge >= 0.3 is 0 Å². The Morgan fingerprint density at radius 3 is 2.71 bits per heavy atom. The second kappa shape index (κ2) is 4.71. The number of ether oxygens (including phenoxy) is 1. The number of hydrogen-bond donors (Lipinski definition) is 1. The molecule has 1 N–H and O–H groups in total. The third-order valence-electron chi connectivity index (χ3n) is 3.10. The maximum Gasteiger partial charge on any atom is 0.269 e. The third-order valence-corrected chi connectivity index (χ3v) is 3.10. The van der Waals surface area contributed by atoms with Crippen molar-refractivity contribution >= 4 is 11.4 Å². The molecule has 1 saturated heterocycles. The van der Waals surface area contributed by atoms with E-state index in [0.29, 0.717) is 0 Å². The number of hydrogen-bond acceptors (Lipinski definition) is 4. The van der Waals surface area contributed by atoms with Crippen LogP contribution < -0.4 is 5.32 Å². The highest BCUT2D eigenvalue weighted by atomic mass is 16.6. The molecule has 0 amide bonds. The van der Waals surface area contributed by atoms with Crippen LogP contribution in [0.2, 0.25) is 0 Å². The highest BCUT2D eigenvalue weighted by Gasteiger charge is 2.29. The van der Waals surface area contributed by atoms with E-state index in [-0.39, 0.29) is 11.1 Å². The summed E-state index contributed by atoms with van der Waals surface area (Å²) < 4.78 is 5.37. The fourth-order valence-corrected chi connectivity index (χ4v) is 1.87. The third kappa shape index (κ3) is 2.94. The summed E-state index contributed by atoms with van der Waals surface area (Å²) in [5.41, 5.74) is 1.19. The van der Waals surface area contributed by atoms with Gasteiger partial charge in [-0.1, -0.05) is 6.92 Å². The van der Waals surface area contributed by atoms with E-state index in [1.807, 2.05) is 0 Å². The molecule has 5 heteroatoms. The predicted octanol–water partition coefficient (Wildman–Crippen LogP) is 2.43. The van der Waals surface area contributed by atoms with Crippen LogP contribution in [-0.4, -0.2) is 24.7 Å². The van der Waals surface area contributed by atoms with Crippen molar-refractivity contribution < 1.29 is 9.66 Å². The second-order valence-electron chi connectivity index (χ2n) is 4.77. The number of non-ortho nitro benzene ring substituents is 1. The van der Waals surface area contributed by atoms with Crippen LogP contribution in [0.15, 0.2) is 24.3 Å². The molecule has 1 heterocycles. The van der Waals surface area contributed by atoms with Gasteiger partial charge in [0.2, 0.25) is 0 Å². The van der Waals surface area contributed by atoms with E-state index < -0.39 is 4.92 Å². The first-order chi connectivity index (χ1) is 8.09. The Labute approximate surface area is 99.9 Å². The van der Waals surface area contributed by atoms with Gasteiger partial charge in [-0.05, 0) is 18.6 Å². The lowest BCUT2D eigenvalue weighted by Crippen LogP contribution is -2.26. The van der Waals surface area contributed by atoms with E-state index in [9.17, 15) is 10.1 Å². The summed E-state index contributed by atoms with van der Waals surface area (Å²) in [7, 11) is 0. The topological polar surface area (TPSA) is 64.4 Å². The Hall–Kier alpha value is -1.62. The Morgan fingerprint density at radius 1 is 1.47 bits per heavy atom. The number of nitrogens with one attached hydrogen (secondary N) is 1. The molecule has 0 saturated carbocycles. The van der Waals surface area contributed by atoms with Gasteiger partial charge < -0.3 is 10.1 Å². The molecule has 1 fully saturated rings. The molecule has 1 unspecified atom stereocenters. The van der Waals surface area contributed by atoms with E-state index in [1.54, 1.807) is 12.1 Å². The SMILES string of the molecule is CC1(CNc2ccc([N+](=O)[O-])cc2)CCOC1. The van der Waals surface area contributed by atoms with Gasteiger partial charge in [0.15, 0.2) is 0 Å². The Kier molecular flexibility index (Phi) is 3.28. The first kappa shape index (κ1) is 11.9. The van der Waals surface area contributed by atoms with Gasteiger partial charge in [0.25, 0.3) is 5.69 Å². The number of benzene rings is 1. The van der Waals surface area contributed by atoms with Gasteiger partial charge in [-0.25, -0.2) is 0 Å². The maximum atomic E-state index is 10.5. The quantitative estimate of drug-likeness (QED) is 0.644. The predicted molar refractivity (Wildman–Crippen MR) is 65.1 cm³/mol. The van der Waals surface area contributed by atoms with Gasteiger partial charge in [0.05, 0.1) is 11.5 Å². The molecular formula is C12H16N2O3. The van der Waals surface area contributed by atoms with Crippen molar-refractivity contribution in [3.8, 4) is 0 Å². The van der Waals surface area contributed by atoms with Gasteiger partial charge in [0, 0.05) is 36.4 Å². The second-order valence-corrected chi connectivity index (χ2v) is 4.77. The monoisotopic (exact) mass is 236 g/mol. The first-order valence-corrected chi connectivity index (χ1v) is 5.65. The molecule has 92 valence electrons.